The minimum absolute atomic E-state index is 0.0586. The minimum Gasteiger partial charge on any atom is -0.453 e. The highest BCUT2D eigenvalue weighted by Gasteiger charge is 2.16. The number of halogens is 1. The fourth-order valence-electron chi connectivity index (χ4n) is 3.56. The second kappa shape index (κ2) is 11.0. The molecule has 0 aliphatic rings. The van der Waals surface area contributed by atoms with E-state index in [0.717, 1.165) is 12.4 Å². The van der Waals surface area contributed by atoms with Crippen molar-refractivity contribution in [2.75, 3.05) is 10.6 Å². The van der Waals surface area contributed by atoms with E-state index in [9.17, 15) is 18.8 Å². The average molecular weight is 531 g/mol. The molecule has 0 saturated carbocycles. The van der Waals surface area contributed by atoms with Crippen LogP contribution in [0.2, 0.25) is 0 Å². The molecular formula is C27H19FN4O5S. The van der Waals surface area contributed by atoms with Gasteiger partial charge in [0.1, 0.15) is 24.7 Å². The van der Waals surface area contributed by atoms with Gasteiger partial charge in [0.05, 0.1) is 20.8 Å². The largest absolute Gasteiger partial charge is 0.453 e. The lowest BCUT2D eigenvalue weighted by molar-refractivity contribution is -0.123. The first-order valence-corrected chi connectivity index (χ1v) is 12.2. The monoisotopic (exact) mass is 530 g/mol. The third-order valence-electron chi connectivity index (χ3n) is 5.25. The molecule has 5 rings (SSSR count). The van der Waals surface area contributed by atoms with Crippen LogP contribution in [-0.2, 0) is 20.8 Å². The molecule has 11 heteroatoms. The number of pyridine rings is 1. The first-order chi connectivity index (χ1) is 18.5. The van der Waals surface area contributed by atoms with Crippen LogP contribution >= 0.6 is 11.3 Å². The molecule has 0 fully saturated rings. The second-order valence-electron chi connectivity index (χ2n) is 8.04. The predicted molar refractivity (Wildman–Crippen MR) is 140 cm³/mol. The van der Waals surface area contributed by atoms with Crippen molar-refractivity contribution in [1.29, 1.82) is 0 Å². The van der Waals surface area contributed by atoms with E-state index in [2.05, 4.69) is 20.6 Å². The molecule has 0 spiro atoms. The standard InChI is InChI=1S/C27H19FN4O5S/c28-19-12-17(31-25(35)14-24(34)30-16-4-2-1-3-5-16)6-7-21(19)37-22-8-10-29-20-13-23(38-26(20)22)27-32-18(9-11-33)15-36-27/h1-8,10-13,15H,9,14H2,(H,30,34)(H,31,35). The molecule has 2 aromatic carbocycles. The minimum atomic E-state index is -0.704. The Balaban J connectivity index is 1.26. The Morgan fingerprint density at radius 3 is 2.55 bits per heavy atom. The number of carbonyl (C=O) groups is 3. The third kappa shape index (κ3) is 5.73. The van der Waals surface area contributed by atoms with Gasteiger partial charge >= 0.3 is 0 Å². The molecule has 9 nitrogen and oxygen atoms in total. The second-order valence-corrected chi connectivity index (χ2v) is 9.09. The zero-order valence-corrected chi connectivity index (χ0v) is 20.5. The summed E-state index contributed by atoms with van der Waals surface area (Å²) in [6.45, 7) is 0. The number of amides is 2. The Hall–Kier alpha value is -4.90. The van der Waals surface area contributed by atoms with Gasteiger partial charge < -0.3 is 24.6 Å². The Morgan fingerprint density at radius 2 is 1.79 bits per heavy atom. The van der Waals surface area contributed by atoms with E-state index in [1.165, 1.54) is 35.9 Å². The topological polar surface area (TPSA) is 123 Å². The van der Waals surface area contributed by atoms with E-state index in [0.29, 0.717) is 38.1 Å². The number of fused-ring (bicyclic) bond motifs is 1. The van der Waals surface area contributed by atoms with Crippen molar-refractivity contribution in [1.82, 2.24) is 9.97 Å². The lowest BCUT2D eigenvalue weighted by atomic mass is 10.2. The van der Waals surface area contributed by atoms with Crippen LogP contribution in [0.15, 0.2) is 77.5 Å². The zero-order chi connectivity index (χ0) is 26.5. The van der Waals surface area contributed by atoms with Gasteiger partial charge in [-0.1, -0.05) is 18.2 Å². The molecule has 0 atom stereocenters. The maximum Gasteiger partial charge on any atom is 0.236 e. The fraction of sp³-hybridized carbons (Fsp3) is 0.0741. The summed E-state index contributed by atoms with van der Waals surface area (Å²) >= 11 is 1.30. The summed E-state index contributed by atoms with van der Waals surface area (Å²) in [5, 5.41) is 5.13. The van der Waals surface area contributed by atoms with Gasteiger partial charge in [0, 0.05) is 36.1 Å². The molecule has 5 aromatic rings. The van der Waals surface area contributed by atoms with E-state index < -0.39 is 24.1 Å². The Morgan fingerprint density at radius 1 is 1.00 bits per heavy atom. The molecule has 0 saturated heterocycles. The molecule has 0 aliphatic heterocycles. The molecule has 3 heterocycles. The van der Waals surface area contributed by atoms with Gasteiger partial charge in [0.25, 0.3) is 0 Å². The van der Waals surface area contributed by atoms with Crippen molar-refractivity contribution < 1.29 is 27.9 Å². The number of thiophene rings is 1. The van der Waals surface area contributed by atoms with Crippen LogP contribution in [0, 0.1) is 5.82 Å². The highest BCUT2D eigenvalue weighted by Crippen LogP contribution is 2.39. The maximum absolute atomic E-state index is 14.9. The molecule has 3 aromatic heterocycles. The number of aldehydes is 1. The van der Waals surface area contributed by atoms with Crippen LogP contribution in [0.5, 0.6) is 11.5 Å². The smallest absolute Gasteiger partial charge is 0.236 e. The van der Waals surface area contributed by atoms with Gasteiger partial charge in [-0.15, -0.1) is 11.3 Å². The van der Waals surface area contributed by atoms with Crippen LogP contribution in [0.4, 0.5) is 15.8 Å². The molecule has 190 valence electrons. The van der Waals surface area contributed by atoms with Crippen LogP contribution < -0.4 is 15.4 Å². The molecule has 0 aliphatic carbocycles. The summed E-state index contributed by atoms with van der Waals surface area (Å²) in [4.78, 5) is 44.3. The number of rotatable bonds is 9. The van der Waals surface area contributed by atoms with Gasteiger partial charge in [-0.3, -0.25) is 14.6 Å². The number of ether oxygens (including phenoxy) is 1. The van der Waals surface area contributed by atoms with Crippen LogP contribution in [-0.4, -0.2) is 28.1 Å². The average Bonchev–Trinajstić information content (AvgIpc) is 3.54. The van der Waals surface area contributed by atoms with E-state index in [1.54, 1.807) is 36.4 Å². The van der Waals surface area contributed by atoms with Crippen molar-refractivity contribution in [2.45, 2.75) is 12.8 Å². The van der Waals surface area contributed by atoms with Gasteiger partial charge in [-0.25, -0.2) is 9.37 Å². The molecular weight excluding hydrogens is 511 g/mol. The van der Waals surface area contributed by atoms with E-state index in [4.69, 9.17) is 9.15 Å². The third-order valence-corrected chi connectivity index (χ3v) is 6.37. The van der Waals surface area contributed by atoms with Crippen LogP contribution in [0.1, 0.15) is 12.1 Å². The number of para-hydroxylation sites is 1. The van der Waals surface area contributed by atoms with Gasteiger partial charge in [-0.2, -0.15) is 0 Å². The van der Waals surface area contributed by atoms with Crippen molar-refractivity contribution in [3.63, 3.8) is 0 Å². The lowest BCUT2D eigenvalue weighted by Gasteiger charge is -2.10. The number of hydrogen-bond donors (Lipinski definition) is 2. The molecule has 2 N–H and O–H groups in total. The van der Waals surface area contributed by atoms with E-state index >= 15 is 0 Å². The van der Waals surface area contributed by atoms with Crippen molar-refractivity contribution in [3.8, 4) is 22.3 Å². The Kier molecular flexibility index (Phi) is 7.18. The molecule has 0 bridgehead atoms. The number of anilines is 2. The van der Waals surface area contributed by atoms with Crippen LogP contribution in [0.25, 0.3) is 21.0 Å². The number of oxazole rings is 1. The summed E-state index contributed by atoms with van der Waals surface area (Å²) < 4.78 is 26.8. The lowest BCUT2D eigenvalue weighted by Crippen LogP contribution is -2.21. The Labute approximate surface area is 219 Å². The van der Waals surface area contributed by atoms with E-state index in [-0.39, 0.29) is 17.9 Å². The summed E-state index contributed by atoms with van der Waals surface area (Å²) in [5.74, 6) is -1.12. The zero-order valence-electron chi connectivity index (χ0n) is 19.6. The van der Waals surface area contributed by atoms with E-state index in [1.807, 2.05) is 6.07 Å². The molecule has 38 heavy (non-hydrogen) atoms. The number of hydrogen-bond acceptors (Lipinski definition) is 8. The maximum atomic E-state index is 14.9. The van der Waals surface area contributed by atoms with Crippen molar-refractivity contribution >= 4 is 51.0 Å². The summed E-state index contributed by atoms with van der Waals surface area (Å²) in [7, 11) is 0. The number of nitrogens with zero attached hydrogens (tertiary/aromatic N) is 2. The highest BCUT2D eigenvalue weighted by molar-refractivity contribution is 7.22. The number of nitrogens with one attached hydrogen (secondary N) is 2. The number of benzene rings is 2. The number of carbonyl (C=O) groups excluding carboxylic acids is 3. The molecule has 2 amide bonds. The van der Waals surface area contributed by atoms with Gasteiger partial charge in [0.15, 0.2) is 11.6 Å². The van der Waals surface area contributed by atoms with Crippen molar-refractivity contribution in [2.24, 2.45) is 0 Å². The SMILES string of the molecule is O=CCc1coc(-c2cc3nccc(Oc4ccc(NC(=O)CC(=O)Nc5ccccc5)cc4F)c3s2)n1. The summed E-state index contributed by atoms with van der Waals surface area (Å²) in [6.07, 6.45) is 3.43. The Bertz CT molecular complexity index is 1630. The van der Waals surface area contributed by atoms with Gasteiger partial charge in [0.2, 0.25) is 17.7 Å². The first kappa shape index (κ1) is 24.8. The highest BCUT2D eigenvalue weighted by atomic mass is 32.1. The first-order valence-electron chi connectivity index (χ1n) is 11.4. The summed E-state index contributed by atoms with van der Waals surface area (Å²) in [6, 6.07) is 16.1. The summed E-state index contributed by atoms with van der Waals surface area (Å²) in [5.41, 5.74) is 1.88. The number of aromatic nitrogens is 2. The molecule has 0 unspecified atom stereocenters. The quantitative estimate of drug-likeness (QED) is 0.188. The molecule has 0 radical (unpaired) electrons. The predicted octanol–water partition coefficient (Wildman–Crippen LogP) is 5.59. The fourth-order valence-corrected chi connectivity index (χ4v) is 4.56. The van der Waals surface area contributed by atoms with Crippen LogP contribution in [0.3, 0.4) is 0 Å². The normalized spacial score (nSPS) is 10.8. The van der Waals surface area contributed by atoms with Crippen molar-refractivity contribution in [3.05, 3.63) is 84.6 Å². The van der Waals surface area contributed by atoms with Gasteiger partial charge in [-0.05, 0) is 30.3 Å².